The minimum absolute atomic E-state index is 0. The van der Waals surface area contributed by atoms with E-state index in [1.54, 1.807) is 0 Å². The zero-order valence-corrected chi connectivity index (χ0v) is 13.6. The minimum Gasteiger partial charge on any atom is -0.351 e. The molecule has 124 valence electrons. The van der Waals surface area contributed by atoms with Gasteiger partial charge in [-0.3, -0.25) is 4.79 Å². The van der Waals surface area contributed by atoms with Crippen LogP contribution in [0.25, 0.3) is 0 Å². The third kappa shape index (κ3) is 4.64. The van der Waals surface area contributed by atoms with Crippen molar-refractivity contribution in [2.45, 2.75) is 30.3 Å². The molecule has 0 bridgehead atoms. The smallest absolute Gasteiger partial charge is 0.244 e. The van der Waals surface area contributed by atoms with Crippen LogP contribution in [0.2, 0.25) is 0 Å². The van der Waals surface area contributed by atoms with Gasteiger partial charge in [0.2, 0.25) is 15.9 Å². The summed E-state index contributed by atoms with van der Waals surface area (Å²) < 4.78 is 39.8. The lowest BCUT2D eigenvalue weighted by atomic mass is 10.2. The average Bonchev–Trinajstić information content (AvgIpc) is 2.91. The number of benzene rings is 1. The molecule has 3 N–H and O–H groups in total. The van der Waals surface area contributed by atoms with Crippen LogP contribution in [0.1, 0.15) is 13.3 Å². The molecule has 2 atom stereocenters. The summed E-state index contributed by atoms with van der Waals surface area (Å²) in [5.74, 6) is -1.28. The molecule has 1 aliphatic heterocycles. The van der Waals surface area contributed by atoms with E-state index >= 15 is 0 Å². The number of hydrogen-bond donors (Lipinski definition) is 3. The van der Waals surface area contributed by atoms with E-state index in [4.69, 9.17) is 0 Å². The van der Waals surface area contributed by atoms with Gasteiger partial charge in [0.05, 0.1) is 6.04 Å². The fourth-order valence-corrected chi connectivity index (χ4v) is 3.40. The number of carbonyl (C=O) groups excluding carboxylic acids is 1. The van der Waals surface area contributed by atoms with Crippen molar-refractivity contribution >= 4 is 28.3 Å². The number of halogens is 2. The molecule has 9 heteroatoms. The zero-order valence-electron chi connectivity index (χ0n) is 12.0. The van der Waals surface area contributed by atoms with E-state index in [0.29, 0.717) is 6.54 Å². The normalized spacial score (nSPS) is 19.3. The molecule has 0 saturated carbocycles. The van der Waals surface area contributed by atoms with Gasteiger partial charge in [0.1, 0.15) is 10.7 Å². The van der Waals surface area contributed by atoms with Crippen LogP contribution in [0, 0.1) is 5.82 Å². The summed E-state index contributed by atoms with van der Waals surface area (Å²) >= 11 is 0. The molecule has 0 spiro atoms. The first-order valence-electron chi connectivity index (χ1n) is 6.68. The quantitative estimate of drug-likeness (QED) is 0.716. The predicted octanol–water partition coefficient (Wildman–Crippen LogP) is 0.392. The van der Waals surface area contributed by atoms with Gasteiger partial charge in [-0.25, -0.2) is 12.8 Å². The molecule has 1 saturated heterocycles. The molecule has 1 fully saturated rings. The van der Waals surface area contributed by atoms with Gasteiger partial charge in [0.15, 0.2) is 0 Å². The third-order valence-electron chi connectivity index (χ3n) is 3.26. The summed E-state index contributed by atoms with van der Waals surface area (Å²) in [6, 6.07) is 4.06. The Balaban J connectivity index is 0.00000242. The van der Waals surface area contributed by atoms with Gasteiger partial charge in [-0.15, -0.1) is 12.4 Å². The fourth-order valence-electron chi connectivity index (χ4n) is 2.12. The molecule has 0 radical (unpaired) electrons. The SMILES string of the molecule is CC(NS(=O)(=O)c1ccccc1F)C(=O)NC1CCNC1.Cl. The number of sulfonamides is 1. The fraction of sp³-hybridized carbons (Fsp3) is 0.462. The summed E-state index contributed by atoms with van der Waals surface area (Å²) in [5.41, 5.74) is 0. The van der Waals surface area contributed by atoms with Gasteiger partial charge in [-0.2, -0.15) is 4.72 Å². The Morgan fingerprint density at radius 1 is 1.41 bits per heavy atom. The van der Waals surface area contributed by atoms with Crippen molar-refractivity contribution in [2.24, 2.45) is 0 Å². The van der Waals surface area contributed by atoms with Crippen molar-refractivity contribution < 1.29 is 17.6 Å². The van der Waals surface area contributed by atoms with Gasteiger partial charge in [-0.05, 0) is 32.0 Å². The first-order chi connectivity index (χ1) is 9.90. The van der Waals surface area contributed by atoms with Crippen molar-refractivity contribution in [3.63, 3.8) is 0 Å². The molecule has 6 nitrogen and oxygen atoms in total. The van der Waals surface area contributed by atoms with Crippen molar-refractivity contribution in [1.82, 2.24) is 15.4 Å². The van der Waals surface area contributed by atoms with Crippen LogP contribution in [-0.4, -0.2) is 39.5 Å². The molecule has 2 unspecified atom stereocenters. The first kappa shape index (κ1) is 18.8. The van der Waals surface area contributed by atoms with Gasteiger partial charge in [0.25, 0.3) is 0 Å². The first-order valence-corrected chi connectivity index (χ1v) is 8.16. The van der Waals surface area contributed by atoms with Crippen molar-refractivity contribution in [2.75, 3.05) is 13.1 Å². The topological polar surface area (TPSA) is 87.3 Å². The molecule has 1 amide bonds. The molecule has 0 aromatic heterocycles. The van der Waals surface area contributed by atoms with E-state index in [2.05, 4.69) is 15.4 Å². The maximum Gasteiger partial charge on any atom is 0.244 e. The molecule has 1 aliphatic rings. The van der Waals surface area contributed by atoms with Crippen LogP contribution < -0.4 is 15.4 Å². The molecule has 2 rings (SSSR count). The monoisotopic (exact) mass is 351 g/mol. The van der Waals surface area contributed by atoms with Crippen LogP contribution in [0.4, 0.5) is 4.39 Å². The van der Waals surface area contributed by atoms with Crippen molar-refractivity contribution in [1.29, 1.82) is 0 Å². The van der Waals surface area contributed by atoms with Gasteiger partial charge < -0.3 is 10.6 Å². The molecule has 1 aromatic rings. The third-order valence-corrected chi connectivity index (χ3v) is 4.83. The van der Waals surface area contributed by atoms with Crippen LogP contribution >= 0.6 is 12.4 Å². The van der Waals surface area contributed by atoms with E-state index in [-0.39, 0.29) is 18.4 Å². The molecular weight excluding hydrogens is 333 g/mol. The van der Waals surface area contributed by atoms with Gasteiger partial charge >= 0.3 is 0 Å². The van der Waals surface area contributed by atoms with Crippen LogP contribution in [0.5, 0.6) is 0 Å². The lowest BCUT2D eigenvalue weighted by molar-refractivity contribution is -0.122. The van der Waals surface area contributed by atoms with Crippen molar-refractivity contribution in [3.8, 4) is 0 Å². The highest BCUT2D eigenvalue weighted by Gasteiger charge is 2.26. The highest BCUT2D eigenvalue weighted by molar-refractivity contribution is 7.89. The summed E-state index contributed by atoms with van der Waals surface area (Å²) in [6.45, 7) is 2.91. The lowest BCUT2D eigenvalue weighted by Gasteiger charge is -2.17. The Morgan fingerprint density at radius 2 is 2.09 bits per heavy atom. The van der Waals surface area contributed by atoms with E-state index in [9.17, 15) is 17.6 Å². The standard InChI is InChI=1S/C13H18FN3O3S.ClH/c1-9(13(18)16-10-6-7-15-8-10)17-21(19,20)12-5-3-2-4-11(12)14;/h2-5,9-10,15,17H,6-8H2,1H3,(H,16,18);1H. The second kappa shape index (κ2) is 7.87. The number of amides is 1. The van der Waals surface area contributed by atoms with Crippen molar-refractivity contribution in [3.05, 3.63) is 30.1 Å². The highest BCUT2D eigenvalue weighted by atomic mass is 35.5. The largest absolute Gasteiger partial charge is 0.351 e. The Hall–Kier alpha value is -1.22. The summed E-state index contributed by atoms with van der Waals surface area (Å²) in [5, 5.41) is 5.84. The Morgan fingerprint density at radius 3 is 2.68 bits per heavy atom. The molecule has 1 heterocycles. The number of hydrogen-bond acceptors (Lipinski definition) is 4. The Kier molecular flexibility index (Phi) is 6.73. The second-order valence-corrected chi connectivity index (χ2v) is 6.65. The summed E-state index contributed by atoms with van der Waals surface area (Å²) in [4.78, 5) is 11.5. The predicted molar refractivity (Wildman–Crippen MR) is 82.8 cm³/mol. The minimum atomic E-state index is -4.07. The van der Waals surface area contributed by atoms with Gasteiger partial charge in [-0.1, -0.05) is 12.1 Å². The van der Waals surface area contributed by atoms with E-state index in [1.165, 1.54) is 19.1 Å². The highest BCUT2D eigenvalue weighted by Crippen LogP contribution is 2.13. The average molecular weight is 352 g/mol. The number of rotatable bonds is 5. The molecular formula is C13H19ClFN3O3S. The number of carbonyl (C=O) groups is 1. The summed E-state index contributed by atoms with van der Waals surface area (Å²) in [6.07, 6.45) is 0.804. The Bertz CT molecular complexity index is 621. The second-order valence-electron chi connectivity index (χ2n) is 4.97. The maximum atomic E-state index is 13.5. The van der Waals surface area contributed by atoms with E-state index in [0.717, 1.165) is 25.1 Å². The lowest BCUT2D eigenvalue weighted by Crippen LogP contribution is -2.48. The van der Waals surface area contributed by atoms with Crippen LogP contribution in [0.3, 0.4) is 0 Å². The molecule has 0 aliphatic carbocycles. The molecule has 22 heavy (non-hydrogen) atoms. The zero-order chi connectivity index (χ0) is 15.5. The van der Waals surface area contributed by atoms with Crippen LogP contribution in [-0.2, 0) is 14.8 Å². The Labute approximate surface area is 135 Å². The summed E-state index contributed by atoms with van der Waals surface area (Å²) in [7, 11) is -4.07. The number of nitrogens with one attached hydrogen (secondary N) is 3. The van der Waals surface area contributed by atoms with Gasteiger partial charge in [0, 0.05) is 12.6 Å². The maximum absolute atomic E-state index is 13.5. The molecule has 1 aromatic carbocycles. The van der Waals surface area contributed by atoms with E-state index in [1.807, 2.05) is 0 Å². The van der Waals surface area contributed by atoms with E-state index < -0.39 is 32.7 Å². The van der Waals surface area contributed by atoms with Crippen LogP contribution in [0.15, 0.2) is 29.2 Å².